The van der Waals surface area contributed by atoms with Crippen LogP contribution in [0.3, 0.4) is 0 Å². The fourth-order valence-electron chi connectivity index (χ4n) is 6.28. The highest BCUT2D eigenvalue weighted by Crippen LogP contribution is 2.32. The summed E-state index contributed by atoms with van der Waals surface area (Å²) in [6, 6.07) is 26.0. The van der Waals surface area contributed by atoms with Gasteiger partial charge in [-0.2, -0.15) is 0 Å². The van der Waals surface area contributed by atoms with Gasteiger partial charge in [0, 0.05) is 38.5 Å². The van der Waals surface area contributed by atoms with E-state index in [1.165, 1.54) is 11.0 Å². The highest BCUT2D eigenvalue weighted by molar-refractivity contribution is 5.95. The van der Waals surface area contributed by atoms with Crippen LogP contribution in [-0.4, -0.2) is 76.5 Å². The van der Waals surface area contributed by atoms with Gasteiger partial charge in [0.25, 0.3) is 0 Å². The summed E-state index contributed by atoms with van der Waals surface area (Å²) in [6.45, 7) is 0.878. The largest absolute Gasteiger partial charge is 0.393 e. The molecule has 0 spiro atoms. The molecule has 0 bridgehead atoms. The van der Waals surface area contributed by atoms with Crippen LogP contribution in [0.1, 0.15) is 49.7 Å². The molecular weight excluding hydrogens is 576 g/mol. The number of hydrogen-bond acceptors (Lipinski definition) is 5. The van der Waals surface area contributed by atoms with Crippen molar-refractivity contribution >= 4 is 17.7 Å². The smallest absolute Gasteiger partial charge is 0.245 e. The van der Waals surface area contributed by atoms with Crippen LogP contribution in [0.5, 0.6) is 0 Å². The van der Waals surface area contributed by atoms with Gasteiger partial charge in [-0.1, -0.05) is 91.0 Å². The van der Waals surface area contributed by atoms with Gasteiger partial charge in [-0.25, -0.2) is 0 Å². The quantitative estimate of drug-likeness (QED) is 0.261. The van der Waals surface area contributed by atoms with Crippen LogP contribution in [0.2, 0.25) is 0 Å². The average molecular weight is 623 g/mol. The van der Waals surface area contributed by atoms with Crippen LogP contribution in [-0.2, 0) is 27.2 Å². The van der Waals surface area contributed by atoms with Crippen molar-refractivity contribution in [2.24, 2.45) is 5.73 Å². The second kappa shape index (κ2) is 15.3. The van der Waals surface area contributed by atoms with E-state index < -0.39 is 18.2 Å². The van der Waals surface area contributed by atoms with Gasteiger partial charge >= 0.3 is 0 Å². The zero-order chi connectivity index (χ0) is 32.5. The standard InChI is InChI=1S/C38H46N4O4/c1-41(34(27-28-10-4-2-5-11-28)37(46)42-24-19-32(43)20-25-42)36(45)33(40-35(44)14-8-21-38(39)22-9-23-38)26-29-15-17-31(18-16-29)30-12-6-3-7-13-30/h2-8,10-18,32-34,43H,9,19-27,39H2,1H3,(H,40,44)/b14-8+. The number of aliphatic hydroxyl groups is 1. The highest BCUT2D eigenvalue weighted by Gasteiger charge is 2.36. The Morgan fingerprint density at radius 1 is 0.913 bits per heavy atom. The lowest BCUT2D eigenvalue weighted by molar-refractivity contribution is -0.147. The number of rotatable bonds is 12. The van der Waals surface area contributed by atoms with E-state index in [0.29, 0.717) is 38.8 Å². The summed E-state index contributed by atoms with van der Waals surface area (Å²) in [5.41, 5.74) is 10.1. The van der Waals surface area contributed by atoms with Crippen LogP contribution in [0.25, 0.3) is 11.1 Å². The maximum absolute atomic E-state index is 14.3. The van der Waals surface area contributed by atoms with Gasteiger partial charge in [-0.3, -0.25) is 14.4 Å². The lowest BCUT2D eigenvalue weighted by Gasteiger charge is -2.37. The molecule has 2 fully saturated rings. The van der Waals surface area contributed by atoms with Crippen molar-refractivity contribution in [3.8, 4) is 11.1 Å². The van der Waals surface area contributed by atoms with Crippen molar-refractivity contribution in [2.75, 3.05) is 20.1 Å². The first-order chi connectivity index (χ1) is 22.2. The molecule has 0 aromatic heterocycles. The minimum Gasteiger partial charge on any atom is -0.393 e. The Bertz CT molecular complexity index is 1480. The van der Waals surface area contributed by atoms with Crippen molar-refractivity contribution < 1.29 is 19.5 Å². The minimum absolute atomic E-state index is 0.155. The molecular formula is C38H46N4O4. The molecule has 3 aromatic carbocycles. The third-order valence-corrected chi connectivity index (χ3v) is 9.41. The van der Waals surface area contributed by atoms with E-state index in [2.05, 4.69) is 5.32 Å². The Morgan fingerprint density at radius 2 is 1.50 bits per heavy atom. The maximum atomic E-state index is 14.3. The molecule has 1 aliphatic carbocycles. The van der Waals surface area contributed by atoms with E-state index in [1.54, 1.807) is 18.0 Å². The summed E-state index contributed by atoms with van der Waals surface area (Å²) >= 11 is 0. The summed E-state index contributed by atoms with van der Waals surface area (Å²) in [5, 5.41) is 13.0. The summed E-state index contributed by atoms with van der Waals surface area (Å²) in [4.78, 5) is 44.6. The molecule has 2 aliphatic rings. The third kappa shape index (κ3) is 8.71. The first-order valence-electron chi connectivity index (χ1n) is 16.4. The Kier molecular flexibility index (Phi) is 11.0. The van der Waals surface area contributed by atoms with E-state index in [9.17, 15) is 19.5 Å². The second-order valence-corrected chi connectivity index (χ2v) is 12.9. The van der Waals surface area contributed by atoms with Gasteiger partial charge in [-0.15, -0.1) is 0 Å². The first-order valence-corrected chi connectivity index (χ1v) is 16.4. The minimum atomic E-state index is -0.894. The second-order valence-electron chi connectivity index (χ2n) is 12.9. The van der Waals surface area contributed by atoms with E-state index >= 15 is 0 Å². The number of amides is 3. The maximum Gasteiger partial charge on any atom is 0.245 e. The molecule has 1 saturated carbocycles. The zero-order valence-corrected chi connectivity index (χ0v) is 26.7. The van der Waals surface area contributed by atoms with Gasteiger partial charge in [0.05, 0.1) is 6.10 Å². The molecule has 1 saturated heterocycles. The number of carbonyl (C=O) groups excluding carboxylic acids is 3. The molecule has 1 aliphatic heterocycles. The van der Waals surface area contributed by atoms with Gasteiger partial charge in [0.1, 0.15) is 12.1 Å². The number of aliphatic hydroxyl groups excluding tert-OH is 1. The van der Waals surface area contributed by atoms with E-state index in [0.717, 1.165) is 41.5 Å². The molecule has 8 heteroatoms. The van der Waals surface area contributed by atoms with E-state index in [-0.39, 0.29) is 29.7 Å². The van der Waals surface area contributed by atoms with Crippen molar-refractivity contribution in [3.05, 3.63) is 108 Å². The SMILES string of the molecule is CN(C(=O)C(Cc1ccc(-c2ccccc2)cc1)NC(=O)/C=C/CC1(N)CCC1)C(Cc1ccccc1)C(=O)N1CCC(O)CC1. The highest BCUT2D eigenvalue weighted by atomic mass is 16.3. The Labute approximate surface area is 272 Å². The van der Waals surface area contributed by atoms with E-state index in [1.807, 2.05) is 84.9 Å². The van der Waals surface area contributed by atoms with Crippen LogP contribution >= 0.6 is 0 Å². The van der Waals surface area contributed by atoms with Gasteiger partial charge in [0.2, 0.25) is 17.7 Å². The summed E-state index contributed by atoms with van der Waals surface area (Å²) in [7, 11) is 1.65. The number of likely N-dealkylation sites (tertiary alicyclic amines) is 1. The molecule has 5 rings (SSSR count). The van der Waals surface area contributed by atoms with Gasteiger partial charge in [-0.05, 0) is 66.9 Å². The molecule has 4 N–H and O–H groups in total. The molecule has 8 nitrogen and oxygen atoms in total. The zero-order valence-electron chi connectivity index (χ0n) is 26.7. The summed E-state index contributed by atoms with van der Waals surface area (Å²) in [5.74, 6) is -0.862. The first kappa shape index (κ1) is 33.1. The molecule has 3 amide bonds. The lowest BCUT2D eigenvalue weighted by Crippen LogP contribution is -2.57. The van der Waals surface area contributed by atoms with Crippen molar-refractivity contribution in [1.29, 1.82) is 0 Å². The molecule has 242 valence electrons. The molecule has 46 heavy (non-hydrogen) atoms. The number of carbonyl (C=O) groups is 3. The van der Waals surface area contributed by atoms with Crippen LogP contribution in [0.4, 0.5) is 0 Å². The number of hydrogen-bond donors (Lipinski definition) is 3. The average Bonchev–Trinajstić information content (AvgIpc) is 3.06. The number of benzene rings is 3. The normalized spacial score (nSPS) is 17.6. The Balaban J connectivity index is 1.37. The molecule has 0 radical (unpaired) electrons. The number of piperidine rings is 1. The molecule has 1 heterocycles. The van der Waals surface area contributed by atoms with Crippen molar-refractivity contribution in [3.63, 3.8) is 0 Å². The van der Waals surface area contributed by atoms with Crippen molar-refractivity contribution in [1.82, 2.24) is 15.1 Å². The topological polar surface area (TPSA) is 116 Å². The lowest BCUT2D eigenvalue weighted by atomic mass is 9.75. The predicted octanol–water partition coefficient (Wildman–Crippen LogP) is 4.26. The molecule has 2 unspecified atom stereocenters. The fourth-order valence-corrected chi connectivity index (χ4v) is 6.28. The van der Waals surface area contributed by atoms with Crippen LogP contribution < -0.4 is 11.1 Å². The van der Waals surface area contributed by atoms with Crippen LogP contribution in [0, 0.1) is 0 Å². The number of likely N-dealkylation sites (N-methyl/N-ethyl adjacent to an activating group) is 1. The number of nitrogens with two attached hydrogens (primary N) is 1. The van der Waals surface area contributed by atoms with Gasteiger partial charge < -0.3 is 26.0 Å². The summed E-state index contributed by atoms with van der Waals surface area (Å²) in [6.07, 6.45) is 8.06. The molecule has 3 aromatic rings. The predicted molar refractivity (Wildman–Crippen MR) is 181 cm³/mol. The third-order valence-electron chi connectivity index (χ3n) is 9.41. The van der Waals surface area contributed by atoms with Crippen molar-refractivity contribution in [2.45, 2.75) is 75.1 Å². The molecule has 2 atom stereocenters. The van der Waals surface area contributed by atoms with E-state index in [4.69, 9.17) is 5.73 Å². The summed E-state index contributed by atoms with van der Waals surface area (Å²) < 4.78 is 0. The van der Waals surface area contributed by atoms with Gasteiger partial charge in [0.15, 0.2) is 0 Å². The van der Waals surface area contributed by atoms with Crippen LogP contribution in [0.15, 0.2) is 97.1 Å². The number of nitrogens with zero attached hydrogens (tertiary/aromatic N) is 2. The fraction of sp³-hybridized carbons (Fsp3) is 0.395. The number of nitrogens with one attached hydrogen (secondary N) is 1. The Hall–Kier alpha value is -4.27. The Morgan fingerprint density at radius 3 is 2.11 bits per heavy atom. The monoisotopic (exact) mass is 622 g/mol.